The second-order valence-corrected chi connectivity index (χ2v) is 8.72. The Balaban J connectivity index is 2.25. The summed E-state index contributed by atoms with van der Waals surface area (Å²) in [5.74, 6) is 0.671. The molecular weight excluding hydrogens is 330 g/mol. The van der Waals surface area contributed by atoms with E-state index in [0.29, 0.717) is 12.4 Å². The molecule has 0 aliphatic heterocycles. The van der Waals surface area contributed by atoms with Crippen molar-refractivity contribution in [1.82, 2.24) is 4.98 Å². The zero-order chi connectivity index (χ0) is 15.8. The van der Waals surface area contributed by atoms with E-state index in [-0.39, 0.29) is 4.90 Å². The van der Waals surface area contributed by atoms with E-state index in [1.165, 1.54) is 17.0 Å². The van der Waals surface area contributed by atoms with Gasteiger partial charge in [0.25, 0.3) is 9.05 Å². The van der Waals surface area contributed by atoms with Crippen LogP contribution in [0.5, 0.6) is 5.75 Å². The van der Waals surface area contributed by atoms with E-state index in [1.54, 1.807) is 25.2 Å². The molecule has 0 bridgehead atoms. The molecule has 21 heavy (non-hydrogen) atoms. The standard InChI is InChI=1S/C14H16ClNO3S2/c1-8-5-12(21(15,17)18)6-9(2)14(8)19-7-13-16-10(3)11(4)20-13/h5-6H,7H2,1-4H3. The monoisotopic (exact) mass is 345 g/mol. The quantitative estimate of drug-likeness (QED) is 0.789. The molecule has 1 aromatic carbocycles. The van der Waals surface area contributed by atoms with Gasteiger partial charge in [-0.05, 0) is 51.0 Å². The zero-order valence-electron chi connectivity index (χ0n) is 12.2. The number of ether oxygens (including phenoxy) is 1. The minimum absolute atomic E-state index is 0.0902. The van der Waals surface area contributed by atoms with Crippen molar-refractivity contribution in [3.8, 4) is 5.75 Å². The van der Waals surface area contributed by atoms with Crippen LogP contribution in [-0.4, -0.2) is 13.4 Å². The van der Waals surface area contributed by atoms with Gasteiger partial charge in [0, 0.05) is 15.6 Å². The highest BCUT2D eigenvalue weighted by Gasteiger charge is 2.15. The van der Waals surface area contributed by atoms with Gasteiger partial charge in [-0.15, -0.1) is 11.3 Å². The van der Waals surface area contributed by atoms with Crippen molar-refractivity contribution in [3.63, 3.8) is 0 Å². The molecule has 0 atom stereocenters. The molecule has 0 unspecified atom stereocenters. The fourth-order valence-electron chi connectivity index (χ4n) is 2.01. The molecule has 114 valence electrons. The van der Waals surface area contributed by atoms with Gasteiger partial charge in [-0.1, -0.05) is 0 Å². The predicted octanol–water partition coefficient (Wildman–Crippen LogP) is 3.88. The van der Waals surface area contributed by atoms with Crippen molar-refractivity contribution in [2.45, 2.75) is 39.2 Å². The van der Waals surface area contributed by atoms with Gasteiger partial charge in [0.05, 0.1) is 10.6 Å². The van der Waals surface area contributed by atoms with Crippen LogP contribution >= 0.6 is 22.0 Å². The second-order valence-electron chi connectivity index (χ2n) is 4.86. The lowest BCUT2D eigenvalue weighted by Crippen LogP contribution is -2.01. The Morgan fingerprint density at radius 1 is 1.19 bits per heavy atom. The number of thiazole rings is 1. The van der Waals surface area contributed by atoms with Crippen LogP contribution in [0.4, 0.5) is 0 Å². The molecule has 0 spiro atoms. The van der Waals surface area contributed by atoms with Gasteiger partial charge >= 0.3 is 0 Å². The summed E-state index contributed by atoms with van der Waals surface area (Å²) in [5.41, 5.74) is 2.48. The lowest BCUT2D eigenvalue weighted by molar-refractivity contribution is 0.301. The first kappa shape index (κ1) is 16.3. The van der Waals surface area contributed by atoms with E-state index in [0.717, 1.165) is 21.8 Å². The summed E-state index contributed by atoms with van der Waals surface area (Å²) in [6.45, 7) is 7.95. The highest BCUT2D eigenvalue weighted by Crippen LogP contribution is 2.29. The topological polar surface area (TPSA) is 56.3 Å². The Kier molecular flexibility index (Phi) is 4.60. The van der Waals surface area contributed by atoms with Gasteiger partial charge < -0.3 is 4.74 Å². The number of hydrogen-bond donors (Lipinski definition) is 0. The Hall–Kier alpha value is -1.11. The minimum atomic E-state index is -3.73. The molecule has 2 rings (SSSR count). The van der Waals surface area contributed by atoms with Gasteiger partial charge in [-0.25, -0.2) is 13.4 Å². The highest BCUT2D eigenvalue weighted by atomic mass is 35.7. The fraction of sp³-hybridized carbons (Fsp3) is 0.357. The van der Waals surface area contributed by atoms with E-state index in [2.05, 4.69) is 4.98 Å². The van der Waals surface area contributed by atoms with Gasteiger partial charge in [0.15, 0.2) is 0 Å². The minimum Gasteiger partial charge on any atom is -0.486 e. The third-order valence-corrected chi connectivity index (χ3v) is 5.51. The van der Waals surface area contributed by atoms with Gasteiger partial charge in [0.2, 0.25) is 0 Å². The molecular formula is C14H16ClNO3S2. The molecule has 0 radical (unpaired) electrons. The molecule has 4 nitrogen and oxygen atoms in total. The van der Waals surface area contributed by atoms with E-state index in [9.17, 15) is 8.42 Å². The van der Waals surface area contributed by atoms with Crippen LogP contribution in [0, 0.1) is 27.7 Å². The molecule has 0 amide bonds. The lowest BCUT2D eigenvalue weighted by atomic mass is 10.1. The normalized spacial score (nSPS) is 11.7. The van der Waals surface area contributed by atoms with Crippen molar-refractivity contribution in [2.75, 3.05) is 0 Å². The molecule has 1 aromatic heterocycles. The predicted molar refractivity (Wildman–Crippen MR) is 84.9 cm³/mol. The van der Waals surface area contributed by atoms with Crippen molar-refractivity contribution < 1.29 is 13.2 Å². The molecule has 2 aromatic rings. The van der Waals surface area contributed by atoms with Crippen LogP contribution < -0.4 is 4.74 Å². The van der Waals surface area contributed by atoms with E-state index < -0.39 is 9.05 Å². The number of rotatable bonds is 4. The van der Waals surface area contributed by atoms with Crippen molar-refractivity contribution in [1.29, 1.82) is 0 Å². The van der Waals surface area contributed by atoms with Crippen molar-refractivity contribution in [2.24, 2.45) is 0 Å². The van der Waals surface area contributed by atoms with Gasteiger partial charge in [-0.3, -0.25) is 0 Å². The number of aryl methyl sites for hydroxylation is 4. The summed E-state index contributed by atoms with van der Waals surface area (Å²) in [7, 11) is 1.64. The van der Waals surface area contributed by atoms with E-state index >= 15 is 0 Å². The molecule has 0 fully saturated rings. The molecule has 0 aliphatic rings. The van der Waals surface area contributed by atoms with Crippen molar-refractivity contribution >= 4 is 31.1 Å². The maximum absolute atomic E-state index is 11.4. The first-order chi connectivity index (χ1) is 9.68. The number of nitrogens with zero attached hydrogens (tertiary/aromatic N) is 1. The van der Waals surface area contributed by atoms with E-state index in [4.69, 9.17) is 15.4 Å². The summed E-state index contributed by atoms with van der Waals surface area (Å²) in [6, 6.07) is 3.03. The lowest BCUT2D eigenvalue weighted by Gasteiger charge is -2.12. The first-order valence-electron chi connectivity index (χ1n) is 6.30. The largest absolute Gasteiger partial charge is 0.486 e. The van der Waals surface area contributed by atoms with E-state index in [1.807, 2.05) is 13.8 Å². The Labute approximate surface area is 133 Å². The van der Waals surface area contributed by atoms with Gasteiger partial charge in [-0.2, -0.15) is 0 Å². The maximum atomic E-state index is 11.4. The molecule has 7 heteroatoms. The number of hydrogen-bond acceptors (Lipinski definition) is 5. The molecule has 1 heterocycles. The molecule has 0 saturated carbocycles. The smallest absolute Gasteiger partial charge is 0.261 e. The SMILES string of the molecule is Cc1cc(S(=O)(=O)Cl)cc(C)c1OCc1nc(C)c(C)s1. The summed E-state index contributed by atoms with van der Waals surface area (Å²) < 4.78 is 28.6. The second kappa shape index (κ2) is 5.94. The molecule has 0 aliphatic carbocycles. The average Bonchev–Trinajstić information content (AvgIpc) is 2.66. The third kappa shape index (κ3) is 3.75. The number of aromatic nitrogens is 1. The summed E-state index contributed by atoms with van der Waals surface area (Å²) in [6.07, 6.45) is 0. The Morgan fingerprint density at radius 3 is 2.19 bits per heavy atom. The van der Waals surface area contributed by atoms with Crippen LogP contribution in [0.1, 0.15) is 26.7 Å². The number of halogens is 1. The summed E-state index contributed by atoms with van der Waals surface area (Å²) in [5, 5.41) is 0.901. The summed E-state index contributed by atoms with van der Waals surface area (Å²) in [4.78, 5) is 5.68. The first-order valence-corrected chi connectivity index (χ1v) is 9.42. The third-order valence-electron chi connectivity index (χ3n) is 3.13. The average molecular weight is 346 g/mol. The number of benzene rings is 1. The van der Waals surface area contributed by atoms with Crippen LogP contribution in [0.15, 0.2) is 17.0 Å². The van der Waals surface area contributed by atoms with Gasteiger partial charge in [0.1, 0.15) is 17.4 Å². The fourth-order valence-corrected chi connectivity index (χ4v) is 3.76. The maximum Gasteiger partial charge on any atom is 0.261 e. The van der Waals surface area contributed by atoms with Crippen LogP contribution in [0.25, 0.3) is 0 Å². The zero-order valence-corrected chi connectivity index (χ0v) is 14.6. The molecule has 0 saturated heterocycles. The Morgan fingerprint density at radius 2 is 1.76 bits per heavy atom. The highest BCUT2D eigenvalue weighted by molar-refractivity contribution is 8.13. The van der Waals surface area contributed by atoms with Crippen LogP contribution in [0.2, 0.25) is 0 Å². The van der Waals surface area contributed by atoms with Crippen LogP contribution in [-0.2, 0) is 15.7 Å². The molecule has 0 N–H and O–H groups in total. The Bertz CT molecular complexity index is 739. The summed E-state index contributed by atoms with van der Waals surface area (Å²) >= 11 is 1.60. The van der Waals surface area contributed by atoms with Crippen LogP contribution in [0.3, 0.4) is 0 Å². The van der Waals surface area contributed by atoms with Crippen molar-refractivity contribution in [3.05, 3.63) is 38.8 Å².